The maximum Gasteiger partial charge on any atom is 0.394 e. The van der Waals surface area contributed by atoms with Gasteiger partial charge in [-0.15, -0.1) is 0 Å². The summed E-state index contributed by atoms with van der Waals surface area (Å²) >= 11 is 0. The number of nitrogens with one attached hydrogen (secondary N) is 1. The highest BCUT2D eigenvalue weighted by atomic mass is 16.5. The third-order valence-electron chi connectivity index (χ3n) is 2.55. The Hall–Kier alpha value is -2.82. The second-order valence-corrected chi connectivity index (χ2v) is 4.06. The Morgan fingerprint density at radius 1 is 1.00 bits per heavy atom. The maximum absolute atomic E-state index is 11.0. The highest BCUT2D eigenvalue weighted by Gasteiger charge is 2.10. The van der Waals surface area contributed by atoms with Gasteiger partial charge in [0.2, 0.25) is 0 Å². The largest absolute Gasteiger partial charge is 0.489 e. The molecule has 0 fully saturated rings. The molecule has 0 saturated heterocycles. The van der Waals surface area contributed by atoms with Gasteiger partial charge < -0.3 is 15.2 Å². The molecule has 0 bridgehead atoms. The molecule has 1 amide bonds. The molecule has 5 nitrogen and oxygen atoms in total. The molecule has 0 radical (unpaired) electrons. The molecule has 0 heterocycles. The van der Waals surface area contributed by atoms with Gasteiger partial charge in [-0.25, -0.2) is 4.79 Å². The van der Waals surface area contributed by atoms with Crippen LogP contribution in [0.25, 0.3) is 0 Å². The summed E-state index contributed by atoms with van der Waals surface area (Å²) in [6.45, 7) is 0.446. The average molecular weight is 271 g/mol. The van der Waals surface area contributed by atoms with E-state index in [1.165, 1.54) is 0 Å². The number of hydrogen-bond donors (Lipinski definition) is 2. The number of aliphatic carboxylic acids is 1. The lowest BCUT2D eigenvalue weighted by atomic mass is 10.2. The topological polar surface area (TPSA) is 75.6 Å². The first-order valence-corrected chi connectivity index (χ1v) is 5.96. The summed E-state index contributed by atoms with van der Waals surface area (Å²) in [5.74, 6) is -1.94. The minimum atomic E-state index is -1.52. The van der Waals surface area contributed by atoms with Crippen molar-refractivity contribution in [3.63, 3.8) is 0 Å². The van der Waals surface area contributed by atoms with Gasteiger partial charge in [0.25, 0.3) is 0 Å². The van der Waals surface area contributed by atoms with Crippen molar-refractivity contribution < 1.29 is 19.4 Å². The highest BCUT2D eigenvalue weighted by molar-refractivity contribution is 6.36. The smallest absolute Gasteiger partial charge is 0.394 e. The van der Waals surface area contributed by atoms with E-state index in [1.54, 1.807) is 24.3 Å². The number of anilines is 1. The van der Waals surface area contributed by atoms with E-state index in [0.29, 0.717) is 18.0 Å². The Balaban J connectivity index is 1.91. The number of carboxylic acid groups (broad SMARTS) is 1. The summed E-state index contributed by atoms with van der Waals surface area (Å²) in [6, 6.07) is 16.2. The zero-order valence-electron chi connectivity index (χ0n) is 10.6. The minimum Gasteiger partial charge on any atom is -0.489 e. The molecule has 0 unspecified atom stereocenters. The quantitative estimate of drug-likeness (QED) is 0.836. The number of rotatable bonds is 4. The van der Waals surface area contributed by atoms with E-state index in [4.69, 9.17) is 9.84 Å². The summed E-state index contributed by atoms with van der Waals surface area (Å²) < 4.78 is 5.57. The fraction of sp³-hybridized carbons (Fsp3) is 0.0667. The third kappa shape index (κ3) is 3.84. The zero-order valence-corrected chi connectivity index (χ0v) is 10.6. The van der Waals surface area contributed by atoms with Crippen LogP contribution in [0.4, 0.5) is 5.69 Å². The van der Waals surface area contributed by atoms with Crippen molar-refractivity contribution in [2.75, 3.05) is 5.32 Å². The molecule has 2 aromatic carbocycles. The Bertz CT molecular complexity index is 593. The van der Waals surface area contributed by atoms with Crippen molar-refractivity contribution >= 4 is 17.6 Å². The first kappa shape index (κ1) is 13.6. The van der Waals surface area contributed by atoms with Crippen LogP contribution in [0.3, 0.4) is 0 Å². The minimum absolute atomic E-state index is 0.407. The van der Waals surface area contributed by atoms with Crippen molar-refractivity contribution in [2.45, 2.75) is 6.61 Å². The van der Waals surface area contributed by atoms with E-state index in [1.807, 2.05) is 30.3 Å². The van der Waals surface area contributed by atoms with Crippen LogP contribution in [0.15, 0.2) is 54.6 Å². The summed E-state index contributed by atoms with van der Waals surface area (Å²) in [5, 5.41) is 10.7. The molecular formula is C15H13NO4. The van der Waals surface area contributed by atoms with Gasteiger partial charge in [0.15, 0.2) is 0 Å². The molecule has 0 aliphatic rings. The summed E-state index contributed by atoms with van der Waals surface area (Å²) in [5.41, 5.74) is 1.46. The SMILES string of the molecule is O=C(O)C(=O)Nc1ccc(OCc2ccccc2)cc1. The molecule has 2 rings (SSSR count). The molecule has 0 aliphatic carbocycles. The lowest BCUT2D eigenvalue weighted by Crippen LogP contribution is -2.21. The molecule has 20 heavy (non-hydrogen) atoms. The van der Waals surface area contributed by atoms with Gasteiger partial charge in [-0.1, -0.05) is 30.3 Å². The van der Waals surface area contributed by atoms with Crippen molar-refractivity contribution in [3.05, 3.63) is 60.2 Å². The van der Waals surface area contributed by atoms with Gasteiger partial charge in [-0.05, 0) is 29.8 Å². The molecular weight excluding hydrogens is 258 g/mol. The standard InChI is InChI=1S/C15H13NO4/c17-14(15(18)19)16-12-6-8-13(9-7-12)20-10-11-4-2-1-3-5-11/h1-9H,10H2,(H,16,17)(H,18,19). The Kier molecular flexibility index (Phi) is 4.34. The molecule has 0 aliphatic heterocycles. The number of carbonyl (C=O) groups excluding carboxylic acids is 1. The monoisotopic (exact) mass is 271 g/mol. The van der Waals surface area contributed by atoms with Crippen molar-refractivity contribution in [2.24, 2.45) is 0 Å². The molecule has 5 heteroatoms. The third-order valence-corrected chi connectivity index (χ3v) is 2.55. The fourth-order valence-electron chi connectivity index (χ4n) is 1.56. The Morgan fingerprint density at radius 3 is 2.25 bits per heavy atom. The van der Waals surface area contributed by atoms with Gasteiger partial charge in [0.05, 0.1) is 0 Å². The summed E-state index contributed by atoms with van der Waals surface area (Å²) in [7, 11) is 0. The van der Waals surface area contributed by atoms with E-state index in [-0.39, 0.29) is 0 Å². The number of carboxylic acids is 1. The second-order valence-electron chi connectivity index (χ2n) is 4.06. The number of ether oxygens (including phenoxy) is 1. The number of hydrogen-bond acceptors (Lipinski definition) is 3. The Morgan fingerprint density at radius 2 is 1.65 bits per heavy atom. The molecule has 0 saturated carbocycles. The Labute approximate surface area is 115 Å². The second kappa shape index (κ2) is 6.38. The van der Waals surface area contributed by atoms with Crippen molar-refractivity contribution in [1.29, 1.82) is 0 Å². The molecule has 102 valence electrons. The molecule has 0 atom stereocenters. The number of benzene rings is 2. The molecule has 0 spiro atoms. The van der Waals surface area contributed by atoms with Gasteiger partial charge in [0.1, 0.15) is 12.4 Å². The zero-order chi connectivity index (χ0) is 14.4. The van der Waals surface area contributed by atoms with Gasteiger partial charge >= 0.3 is 11.9 Å². The summed E-state index contributed by atoms with van der Waals surface area (Å²) in [4.78, 5) is 21.4. The predicted octanol–water partition coefficient (Wildman–Crippen LogP) is 2.29. The van der Waals surface area contributed by atoms with Crippen LogP contribution in [0.5, 0.6) is 5.75 Å². The van der Waals surface area contributed by atoms with Crippen LogP contribution >= 0.6 is 0 Å². The van der Waals surface area contributed by atoms with Gasteiger partial charge in [-0.3, -0.25) is 4.79 Å². The van der Waals surface area contributed by atoms with E-state index in [2.05, 4.69) is 5.32 Å². The van der Waals surface area contributed by atoms with Crippen LogP contribution in [-0.4, -0.2) is 17.0 Å². The van der Waals surface area contributed by atoms with Gasteiger partial charge in [-0.2, -0.15) is 0 Å². The van der Waals surface area contributed by atoms with Crippen LogP contribution in [0.2, 0.25) is 0 Å². The predicted molar refractivity (Wildman–Crippen MR) is 73.5 cm³/mol. The average Bonchev–Trinajstić information content (AvgIpc) is 2.47. The summed E-state index contributed by atoms with van der Waals surface area (Å²) in [6.07, 6.45) is 0. The van der Waals surface area contributed by atoms with E-state index in [0.717, 1.165) is 5.56 Å². The molecule has 2 aromatic rings. The maximum atomic E-state index is 11.0. The lowest BCUT2D eigenvalue weighted by molar-refractivity contribution is -0.147. The van der Waals surface area contributed by atoms with Gasteiger partial charge in [0, 0.05) is 5.69 Å². The van der Waals surface area contributed by atoms with Crippen molar-refractivity contribution in [1.82, 2.24) is 0 Å². The van der Waals surface area contributed by atoms with Crippen LogP contribution in [0.1, 0.15) is 5.56 Å². The molecule has 0 aromatic heterocycles. The fourth-order valence-corrected chi connectivity index (χ4v) is 1.56. The van der Waals surface area contributed by atoms with Crippen molar-refractivity contribution in [3.8, 4) is 5.75 Å². The van der Waals surface area contributed by atoms with Crippen LogP contribution in [0, 0.1) is 0 Å². The lowest BCUT2D eigenvalue weighted by Gasteiger charge is -2.07. The van der Waals surface area contributed by atoms with E-state index >= 15 is 0 Å². The number of carbonyl (C=O) groups is 2. The van der Waals surface area contributed by atoms with Crippen LogP contribution in [-0.2, 0) is 16.2 Å². The first-order chi connectivity index (χ1) is 9.65. The van der Waals surface area contributed by atoms with E-state index < -0.39 is 11.9 Å². The first-order valence-electron chi connectivity index (χ1n) is 5.96. The van der Waals surface area contributed by atoms with E-state index in [9.17, 15) is 9.59 Å². The number of amides is 1. The molecule has 2 N–H and O–H groups in total. The normalized spacial score (nSPS) is 9.80. The van der Waals surface area contributed by atoms with Crippen LogP contribution < -0.4 is 10.1 Å². The highest BCUT2D eigenvalue weighted by Crippen LogP contribution is 2.17.